The zero-order valence-electron chi connectivity index (χ0n) is 16.5. The minimum absolute atomic E-state index is 0.0421. The topological polar surface area (TPSA) is 75.4 Å². The summed E-state index contributed by atoms with van der Waals surface area (Å²) in [7, 11) is 0. The number of allylic oxidation sites excluding steroid dienone is 9. The lowest BCUT2D eigenvalue weighted by Crippen LogP contribution is -2.16. The Kier molecular flexibility index (Phi) is 8.44. The van der Waals surface area contributed by atoms with Gasteiger partial charge < -0.3 is 10.2 Å². The van der Waals surface area contributed by atoms with Gasteiger partial charge in [-0.2, -0.15) is 0 Å². The third-order valence-corrected chi connectivity index (χ3v) is 3.72. The van der Waals surface area contributed by atoms with Gasteiger partial charge in [-0.05, 0) is 51.2 Å². The number of carbonyl (C=O) groups is 1. The zero-order valence-corrected chi connectivity index (χ0v) is 16.5. The first-order valence-electron chi connectivity index (χ1n) is 8.65. The summed E-state index contributed by atoms with van der Waals surface area (Å²) in [6.45, 7) is 16.0. The molecule has 0 aromatic carbocycles. The maximum Gasteiger partial charge on any atom is 0.259 e. The molecular weight excluding hydrogens is 352 g/mol. The predicted octanol–water partition coefficient (Wildman–Crippen LogP) is 5.80. The van der Waals surface area contributed by atoms with Crippen LogP contribution < -0.4 is 0 Å². The van der Waals surface area contributed by atoms with Gasteiger partial charge in [0.05, 0.1) is 11.4 Å². The van der Waals surface area contributed by atoms with Crippen LogP contribution in [0.4, 0.5) is 0 Å². The molecular formula is C23H26N2O3. The molecule has 0 unspecified atom stereocenters. The van der Waals surface area contributed by atoms with Crippen molar-refractivity contribution in [1.82, 2.24) is 9.55 Å². The Balaban J connectivity index is 3.71. The molecule has 2 N–H and O–H groups in total. The molecule has 0 aliphatic rings. The summed E-state index contributed by atoms with van der Waals surface area (Å²) in [5.74, 6) is -0.0953. The second-order valence-electron chi connectivity index (χ2n) is 5.77. The minimum Gasteiger partial charge on any atom is -0.509 e. The molecule has 0 saturated carbocycles. The molecule has 0 bridgehead atoms. The van der Waals surface area contributed by atoms with Crippen molar-refractivity contribution in [2.45, 2.75) is 20.8 Å². The number of nitrogens with zero attached hydrogens (tertiary/aromatic N) is 2. The highest BCUT2D eigenvalue weighted by molar-refractivity contribution is 5.99. The molecule has 146 valence electrons. The number of aliphatic hydroxyl groups is 2. The molecule has 1 aromatic rings. The molecule has 0 aliphatic heterocycles. The van der Waals surface area contributed by atoms with E-state index >= 15 is 0 Å². The lowest BCUT2D eigenvalue weighted by Gasteiger charge is -2.10. The average Bonchev–Trinajstić information content (AvgIpc) is 3.02. The summed E-state index contributed by atoms with van der Waals surface area (Å²) in [5.41, 5.74) is 2.08. The summed E-state index contributed by atoms with van der Waals surface area (Å²) in [5, 5.41) is 19.0. The minimum atomic E-state index is -0.313. The highest BCUT2D eigenvalue weighted by atomic mass is 16.3. The Morgan fingerprint density at radius 1 is 1.21 bits per heavy atom. The Morgan fingerprint density at radius 2 is 1.89 bits per heavy atom. The maximum atomic E-state index is 13.1. The summed E-state index contributed by atoms with van der Waals surface area (Å²) in [6, 6.07) is 0. The molecule has 0 saturated heterocycles. The molecule has 0 radical (unpaired) electrons. The highest BCUT2D eigenvalue weighted by Crippen LogP contribution is 2.24. The van der Waals surface area contributed by atoms with Crippen LogP contribution in [0.15, 0.2) is 79.4 Å². The van der Waals surface area contributed by atoms with E-state index in [2.05, 4.69) is 24.7 Å². The van der Waals surface area contributed by atoms with E-state index in [9.17, 15) is 9.90 Å². The quantitative estimate of drug-likeness (QED) is 0.340. The second-order valence-corrected chi connectivity index (χ2v) is 5.77. The lowest BCUT2D eigenvalue weighted by atomic mass is 10.1. The molecule has 5 heteroatoms. The van der Waals surface area contributed by atoms with E-state index in [-0.39, 0.29) is 17.4 Å². The number of imidazole rings is 1. The molecule has 1 rings (SSSR count). The van der Waals surface area contributed by atoms with Gasteiger partial charge in [-0.3, -0.25) is 9.36 Å². The summed E-state index contributed by atoms with van der Waals surface area (Å²) >= 11 is 0. The Labute approximate surface area is 166 Å². The highest BCUT2D eigenvalue weighted by Gasteiger charge is 2.21. The monoisotopic (exact) mass is 378 g/mol. The fraction of sp³-hybridized carbons (Fsp3) is 0.130. The molecule has 1 aromatic heterocycles. The Morgan fingerprint density at radius 3 is 2.39 bits per heavy atom. The van der Waals surface area contributed by atoms with Crippen LogP contribution in [-0.2, 0) is 0 Å². The molecule has 0 atom stereocenters. The Hall–Kier alpha value is -3.60. The van der Waals surface area contributed by atoms with Crippen LogP contribution in [0.3, 0.4) is 0 Å². The molecule has 28 heavy (non-hydrogen) atoms. The van der Waals surface area contributed by atoms with Gasteiger partial charge in [0.15, 0.2) is 0 Å². The number of hydrogen-bond acceptors (Lipinski definition) is 4. The smallest absolute Gasteiger partial charge is 0.259 e. The number of carbonyl (C=O) groups excluding carboxylic acids is 1. The average molecular weight is 378 g/mol. The molecule has 0 aliphatic carbocycles. The second kappa shape index (κ2) is 10.5. The van der Waals surface area contributed by atoms with Crippen LogP contribution in [0.1, 0.15) is 42.8 Å². The van der Waals surface area contributed by atoms with Crippen molar-refractivity contribution in [3.63, 3.8) is 0 Å². The number of rotatable bonds is 8. The summed E-state index contributed by atoms with van der Waals surface area (Å²) in [6.07, 6.45) is 14.2. The molecule has 0 amide bonds. The van der Waals surface area contributed by atoms with Crippen molar-refractivity contribution in [3.05, 3.63) is 96.6 Å². The largest absolute Gasteiger partial charge is 0.509 e. The SMILES string of the molecule is C=C/C(O)=C\C(=C/C)c1nc(/C=C\C)c(C=C)n1C(=O)/C(C)=C/C=C\C(=C)O. The number of aromatic nitrogens is 2. The van der Waals surface area contributed by atoms with Crippen LogP contribution in [0.2, 0.25) is 0 Å². The van der Waals surface area contributed by atoms with Gasteiger partial charge in [0.1, 0.15) is 17.3 Å². The first-order valence-corrected chi connectivity index (χ1v) is 8.65. The third-order valence-electron chi connectivity index (χ3n) is 3.72. The zero-order chi connectivity index (χ0) is 21.3. The molecule has 5 nitrogen and oxygen atoms in total. The van der Waals surface area contributed by atoms with Crippen LogP contribution in [0.25, 0.3) is 17.7 Å². The predicted molar refractivity (Wildman–Crippen MR) is 117 cm³/mol. The van der Waals surface area contributed by atoms with Gasteiger partial charge in [-0.25, -0.2) is 4.98 Å². The van der Waals surface area contributed by atoms with Gasteiger partial charge in [0.2, 0.25) is 0 Å². The number of hydrogen-bond donors (Lipinski definition) is 2. The van der Waals surface area contributed by atoms with Gasteiger partial charge in [0.25, 0.3) is 5.91 Å². The van der Waals surface area contributed by atoms with Crippen LogP contribution >= 0.6 is 0 Å². The van der Waals surface area contributed by atoms with Crippen LogP contribution in [0.5, 0.6) is 0 Å². The van der Waals surface area contributed by atoms with Gasteiger partial charge >= 0.3 is 0 Å². The van der Waals surface area contributed by atoms with Crippen molar-refractivity contribution in [3.8, 4) is 0 Å². The lowest BCUT2D eigenvalue weighted by molar-refractivity contribution is 0.0953. The number of aliphatic hydroxyl groups excluding tert-OH is 2. The molecule has 1 heterocycles. The van der Waals surface area contributed by atoms with E-state index < -0.39 is 0 Å². The van der Waals surface area contributed by atoms with E-state index in [4.69, 9.17) is 5.11 Å². The molecule has 0 spiro atoms. The Bertz CT molecular complexity index is 935. The van der Waals surface area contributed by atoms with Crippen molar-refractivity contribution in [1.29, 1.82) is 0 Å². The van der Waals surface area contributed by atoms with E-state index in [0.29, 0.717) is 28.4 Å². The van der Waals surface area contributed by atoms with E-state index in [1.54, 1.807) is 38.2 Å². The fourth-order valence-electron chi connectivity index (χ4n) is 2.37. The maximum absolute atomic E-state index is 13.1. The van der Waals surface area contributed by atoms with Gasteiger partial charge in [0, 0.05) is 11.1 Å². The van der Waals surface area contributed by atoms with E-state index in [1.165, 1.54) is 28.9 Å². The van der Waals surface area contributed by atoms with E-state index in [1.807, 2.05) is 13.0 Å². The summed E-state index contributed by atoms with van der Waals surface area (Å²) < 4.78 is 1.44. The van der Waals surface area contributed by atoms with Crippen molar-refractivity contribution < 1.29 is 15.0 Å². The van der Waals surface area contributed by atoms with E-state index in [0.717, 1.165) is 0 Å². The van der Waals surface area contributed by atoms with Gasteiger partial charge in [-0.15, -0.1) is 0 Å². The van der Waals surface area contributed by atoms with Crippen LogP contribution in [-0.4, -0.2) is 25.7 Å². The van der Waals surface area contributed by atoms with Gasteiger partial charge in [-0.1, -0.05) is 44.0 Å². The van der Waals surface area contributed by atoms with Crippen molar-refractivity contribution >= 4 is 23.6 Å². The van der Waals surface area contributed by atoms with Crippen molar-refractivity contribution in [2.24, 2.45) is 0 Å². The third kappa shape index (κ3) is 5.45. The fourth-order valence-corrected chi connectivity index (χ4v) is 2.37. The normalized spacial score (nSPS) is 13.3. The van der Waals surface area contributed by atoms with Crippen molar-refractivity contribution in [2.75, 3.05) is 0 Å². The summed E-state index contributed by atoms with van der Waals surface area (Å²) in [4.78, 5) is 17.7. The molecule has 0 fully saturated rings. The first-order chi connectivity index (χ1) is 13.3. The first kappa shape index (κ1) is 22.4. The standard InChI is InChI=1S/C23H26N2O3/c1-7-12-20-21(10-4)25(23(28)16(5)13-11-14-17(6)26)22(24-20)18(8-2)15-19(27)9-3/h7-15,26-27H,3-4,6H2,1-2,5H3/b12-7-,14-11-,16-13+,18-8+,19-15+. The van der Waals surface area contributed by atoms with Crippen LogP contribution in [0, 0.1) is 0 Å².